The van der Waals surface area contributed by atoms with Crippen LogP contribution in [0.4, 0.5) is 0 Å². The lowest BCUT2D eigenvalue weighted by Crippen LogP contribution is -2.28. The van der Waals surface area contributed by atoms with Gasteiger partial charge in [-0.2, -0.15) is 0 Å². The molecular weight excluding hydrogens is 286 g/mol. The third kappa shape index (κ3) is 4.85. The second kappa shape index (κ2) is 7.82. The summed E-state index contributed by atoms with van der Waals surface area (Å²) in [7, 11) is 0. The number of carbonyl (C=O) groups is 1. The van der Waals surface area contributed by atoms with Crippen molar-refractivity contribution < 1.29 is 9.53 Å². The molecule has 2 rings (SSSR count). The second-order valence-corrected chi connectivity index (χ2v) is 5.90. The molecule has 0 radical (unpaired) electrons. The van der Waals surface area contributed by atoms with E-state index in [1.165, 1.54) is 5.56 Å². The van der Waals surface area contributed by atoms with Gasteiger partial charge in [-0.05, 0) is 56.5 Å². The predicted octanol–water partition coefficient (Wildman–Crippen LogP) is 4.12. The van der Waals surface area contributed by atoms with Crippen LogP contribution in [-0.2, 0) is 11.2 Å². The van der Waals surface area contributed by atoms with Gasteiger partial charge in [0.25, 0.3) is 0 Å². The van der Waals surface area contributed by atoms with Crippen molar-refractivity contribution in [2.24, 2.45) is 0 Å². The maximum atomic E-state index is 12.3. The monoisotopic (exact) mass is 311 g/mol. The number of hydrogen-bond acceptors (Lipinski definition) is 2. The van der Waals surface area contributed by atoms with Crippen molar-refractivity contribution in [1.82, 2.24) is 5.32 Å². The topological polar surface area (TPSA) is 38.3 Å². The van der Waals surface area contributed by atoms with Crippen molar-refractivity contribution in [3.8, 4) is 5.75 Å². The van der Waals surface area contributed by atoms with E-state index in [2.05, 4.69) is 23.5 Å². The summed E-state index contributed by atoms with van der Waals surface area (Å²) < 4.78 is 5.44. The quantitative estimate of drug-likeness (QED) is 0.871. The van der Waals surface area contributed by atoms with Crippen molar-refractivity contribution in [3.63, 3.8) is 0 Å². The molecule has 0 saturated carbocycles. The summed E-state index contributed by atoms with van der Waals surface area (Å²) in [5.41, 5.74) is 4.49. The molecule has 23 heavy (non-hydrogen) atoms. The highest BCUT2D eigenvalue weighted by atomic mass is 16.5. The van der Waals surface area contributed by atoms with E-state index in [-0.39, 0.29) is 11.9 Å². The highest BCUT2D eigenvalue weighted by Gasteiger charge is 2.11. The van der Waals surface area contributed by atoms with Crippen LogP contribution in [0.1, 0.15) is 42.1 Å². The van der Waals surface area contributed by atoms with Gasteiger partial charge in [0, 0.05) is 0 Å². The Labute approximate surface area is 138 Å². The van der Waals surface area contributed by atoms with Crippen molar-refractivity contribution in [1.29, 1.82) is 0 Å². The Morgan fingerprint density at radius 1 is 1.13 bits per heavy atom. The lowest BCUT2D eigenvalue weighted by molar-refractivity contribution is -0.121. The van der Waals surface area contributed by atoms with Crippen LogP contribution in [0, 0.1) is 13.8 Å². The van der Waals surface area contributed by atoms with Gasteiger partial charge in [0.1, 0.15) is 5.75 Å². The maximum absolute atomic E-state index is 12.3. The smallest absolute Gasteiger partial charge is 0.224 e. The Morgan fingerprint density at radius 2 is 1.83 bits per heavy atom. The summed E-state index contributed by atoms with van der Waals surface area (Å²) >= 11 is 0. The largest absolute Gasteiger partial charge is 0.494 e. The van der Waals surface area contributed by atoms with Gasteiger partial charge >= 0.3 is 0 Å². The van der Waals surface area contributed by atoms with Gasteiger partial charge in [0.15, 0.2) is 0 Å². The van der Waals surface area contributed by atoms with E-state index in [0.717, 1.165) is 22.4 Å². The zero-order chi connectivity index (χ0) is 16.8. The molecule has 0 heterocycles. The third-order valence-corrected chi connectivity index (χ3v) is 3.92. The Bertz CT molecular complexity index is 662. The standard InChI is InChI=1S/C20H25NO2/c1-5-23-19-10-8-17(9-11-19)16(4)21-20(22)13-18-12-14(2)6-7-15(18)3/h6-12,16H,5,13H2,1-4H3,(H,21,22)/t16-/m1/s1. The number of ether oxygens (including phenoxy) is 1. The minimum absolute atomic E-state index is 0.0247. The van der Waals surface area contributed by atoms with Crippen LogP contribution in [-0.4, -0.2) is 12.5 Å². The molecule has 0 fully saturated rings. The van der Waals surface area contributed by atoms with E-state index in [1.54, 1.807) is 0 Å². The van der Waals surface area contributed by atoms with Crippen LogP contribution in [0.25, 0.3) is 0 Å². The summed E-state index contributed by atoms with van der Waals surface area (Å²) in [5.74, 6) is 0.894. The fourth-order valence-electron chi connectivity index (χ4n) is 2.56. The zero-order valence-electron chi connectivity index (χ0n) is 14.3. The molecule has 2 aromatic rings. The van der Waals surface area contributed by atoms with Gasteiger partial charge in [-0.3, -0.25) is 4.79 Å². The van der Waals surface area contributed by atoms with E-state index in [4.69, 9.17) is 4.74 Å². The van der Waals surface area contributed by atoms with E-state index in [1.807, 2.05) is 52.0 Å². The average molecular weight is 311 g/mol. The molecule has 0 bridgehead atoms. The SMILES string of the molecule is CCOc1ccc([C@@H](C)NC(=O)Cc2cc(C)ccc2C)cc1. The molecule has 122 valence electrons. The molecule has 0 aromatic heterocycles. The maximum Gasteiger partial charge on any atom is 0.224 e. The molecule has 1 amide bonds. The summed E-state index contributed by atoms with van der Waals surface area (Å²) in [4.78, 5) is 12.3. The molecule has 0 aliphatic heterocycles. The lowest BCUT2D eigenvalue weighted by atomic mass is 10.0. The van der Waals surface area contributed by atoms with E-state index < -0.39 is 0 Å². The Hall–Kier alpha value is -2.29. The molecule has 0 unspecified atom stereocenters. The number of carbonyl (C=O) groups excluding carboxylic acids is 1. The number of benzene rings is 2. The first-order chi connectivity index (χ1) is 11.0. The molecule has 0 spiro atoms. The predicted molar refractivity (Wildman–Crippen MR) is 93.8 cm³/mol. The van der Waals surface area contributed by atoms with Crippen LogP contribution >= 0.6 is 0 Å². The lowest BCUT2D eigenvalue weighted by Gasteiger charge is -2.16. The first kappa shape index (κ1) is 17.1. The molecule has 1 N–H and O–H groups in total. The molecule has 0 aliphatic rings. The first-order valence-corrected chi connectivity index (χ1v) is 8.08. The molecule has 0 saturated heterocycles. The number of amides is 1. The van der Waals surface area contributed by atoms with Gasteiger partial charge in [-0.1, -0.05) is 35.9 Å². The normalized spacial score (nSPS) is 11.8. The molecule has 0 aliphatic carbocycles. The average Bonchev–Trinajstić information content (AvgIpc) is 2.52. The third-order valence-electron chi connectivity index (χ3n) is 3.92. The Morgan fingerprint density at radius 3 is 2.48 bits per heavy atom. The minimum Gasteiger partial charge on any atom is -0.494 e. The van der Waals surface area contributed by atoms with Crippen LogP contribution in [0.3, 0.4) is 0 Å². The van der Waals surface area contributed by atoms with Gasteiger partial charge in [-0.15, -0.1) is 0 Å². The van der Waals surface area contributed by atoms with Crippen LogP contribution in [0.5, 0.6) is 5.75 Å². The first-order valence-electron chi connectivity index (χ1n) is 8.08. The van der Waals surface area contributed by atoms with Gasteiger partial charge < -0.3 is 10.1 Å². The number of rotatable bonds is 6. The van der Waals surface area contributed by atoms with Crippen molar-refractivity contribution in [2.45, 2.75) is 40.2 Å². The van der Waals surface area contributed by atoms with Crippen molar-refractivity contribution in [3.05, 3.63) is 64.7 Å². The van der Waals surface area contributed by atoms with E-state index in [9.17, 15) is 4.79 Å². The van der Waals surface area contributed by atoms with Gasteiger partial charge in [0.05, 0.1) is 19.1 Å². The fourth-order valence-corrected chi connectivity index (χ4v) is 2.56. The summed E-state index contributed by atoms with van der Waals surface area (Å²) in [6.45, 7) is 8.70. The van der Waals surface area contributed by atoms with Crippen LogP contribution in [0.15, 0.2) is 42.5 Å². The van der Waals surface area contributed by atoms with E-state index >= 15 is 0 Å². The molecule has 3 nitrogen and oxygen atoms in total. The van der Waals surface area contributed by atoms with Crippen LogP contribution < -0.4 is 10.1 Å². The zero-order valence-corrected chi connectivity index (χ0v) is 14.3. The minimum atomic E-state index is -0.0247. The molecule has 1 atom stereocenters. The van der Waals surface area contributed by atoms with Crippen LogP contribution in [0.2, 0.25) is 0 Å². The Kier molecular flexibility index (Phi) is 5.80. The van der Waals surface area contributed by atoms with Gasteiger partial charge in [-0.25, -0.2) is 0 Å². The number of hydrogen-bond donors (Lipinski definition) is 1. The fraction of sp³-hybridized carbons (Fsp3) is 0.350. The number of nitrogens with one attached hydrogen (secondary N) is 1. The summed E-state index contributed by atoms with van der Waals surface area (Å²) in [6, 6.07) is 14.0. The molecule has 2 aromatic carbocycles. The highest BCUT2D eigenvalue weighted by molar-refractivity contribution is 5.79. The Balaban J connectivity index is 1.97. The molecule has 3 heteroatoms. The van der Waals surface area contributed by atoms with Crippen molar-refractivity contribution >= 4 is 5.91 Å². The molecular formula is C20H25NO2. The second-order valence-electron chi connectivity index (χ2n) is 5.90. The summed E-state index contributed by atoms with van der Waals surface area (Å²) in [5, 5.41) is 3.06. The number of aryl methyl sites for hydroxylation is 2. The van der Waals surface area contributed by atoms with E-state index in [0.29, 0.717) is 13.0 Å². The van der Waals surface area contributed by atoms with Crippen molar-refractivity contribution in [2.75, 3.05) is 6.61 Å². The highest BCUT2D eigenvalue weighted by Crippen LogP contribution is 2.18. The summed E-state index contributed by atoms with van der Waals surface area (Å²) in [6.07, 6.45) is 0.412. The van der Waals surface area contributed by atoms with Gasteiger partial charge in [0.2, 0.25) is 5.91 Å².